The minimum absolute atomic E-state index is 0.373. The number of halogens is 1. The summed E-state index contributed by atoms with van der Waals surface area (Å²) >= 11 is 6.02. The van der Waals surface area contributed by atoms with Gasteiger partial charge in [-0.3, -0.25) is 4.90 Å². The predicted octanol–water partition coefficient (Wildman–Crippen LogP) is 3.97. The van der Waals surface area contributed by atoms with Crippen molar-refractivity contribution in [2.45, 2.75) is 33.4 Å². The Labute approximate surface area is 126 Å². The summed E-state index contributed by atoms with van der Waals surface area (Å²) < 4.78 is 5.50. The van der Waals surface area contributed by atoms with Gasteiger partial charge in [-0.2, -0.15) is 0 Å². The molecular formula is C16H22ClNO2. The molecule has 0 radical (unpaired) electrons. The van der Waals surface area contributed by atoms with Crippen LogP contribution in [0.1, 0.15) is 33.3 Å². The molecule has 0 bridgehead atoms. The molecule has 3 nitrogen and oxygen atoms in total. The van der Waals surface area contributed by atoms with Crippen LogP contribution in [0.15, 0.2) is 30.3 Å². The van der Waals surface area contributed by atoms with Crippen LogP contribution in [-0.2, 0) is 9.53 Å². The summed E-state index contributed by atoms with van der Waals surface area (Å²) in [6, 6.07) is 7.35. The highest BCUT2D eigenvalue weighted by Gasteiger charge is 2.27. The van der Waals surface area contributed by atoms with E-state index < -0.39 is 5.72 Å². The highest BCUT2D eigenvalue weighted by atomic mass is 35.5. The van der Waals surface area contributed by atoms with Crippen molar-refractivity contribution in [1.29, 1.82) is 0 Å². The summed E-state index contributed by atoms with van der Waals surface area (Å²) in [5.74, 6) is -0.373. The Morgan fingerprint density at radius 2 is 1.90 bits per heavy atom. The normalized spacial score (nSPS) is 12.1. The first-order valence-electron chi connectivity index (χ1n) is 6.81. The lowest BCUT2D eigenvalue weighted by Gasteiger charge is -2.35. The largest absolute Gasteiger partial charge is 0.441 e. The molecule has 0 aliphatic carbocycles. The van der Waals surface area contributed by atoms with Gasteiger partial charge in [0.25, 0.3) is 0 Å². The first kappa shape index (κ1) is 16.7. The molecule has 0 amide bonds. The van der Waals surface area contributed by atoms with Gasteiger partial charge in [0, 0.05) is 11.1 Å². The molecule has 0 atom stereocenters. The number of hydrogen-bond donors (Lipinski definition) is 0. The first-order valence-corrected chi connectivity index (χ1v) is 7.19. The molecule has 0 fully saturated rings. The topological polar surface area (TPSA) is 29.5 Å². The maximum Gasteiger partial charge on any atom is 0.332 e. The van der Waals surface area contributed by atoms with Crippen molar-refractivity contribution in [2.24, 2.45) is 0 Å². The Morgan fingerprint density at radius 1 is 1.30 bits per heavy atom. The molecule has 0 heterocycles. The zero-order chi connectivity index (χ0) is 15.2. The summed E-state index contributed by atoms with van der Waals surface area (Å²) in [7, 11) is 0. The molecule has 0 spiro atoms. The molecule has 0 aliphatic heterocycles. The second-order valence-electron chi connectivity index (χ2n) is 4.89. The second-order valence-corrected chi connectivity index (χ2v) is 5.30. The van der Waals surface area contributed by atoms with Crippen LogP contribution in [-0.4, -0.2) is 29.7 Å². The van der Waals surface area contributed by atoms with Crippen molar-refractivity contribution in [1.82, 2.24) is 4.90 Å². The third-order valence-corrected chi connectivity index (χ3v) is 3.52. The minimum atomic E-state index is -0.620. The Kier molecular flexibility index (Phi) is 6.24. The van der Waals surface area contributed by atoms with E-state index in [-0.39, 0.29) is 5.97 Å². The number of carbonyl (C=O) groups excluding carboxylic acids is 1. The van der Waals surface area contributed by atoms with Crippen LogP contribution in [0, 0.1) is 0 Å². The molecular weight excluding hydrogens is 274 g/mol. The van der Waals surface area contributed by atoms with Crippen molar-refractivity contribution >= 4 is 23.6 Å². The number of hydrogen-bond acceptors (Lipinski definition) is 3. The van der Waals surface area contributed by atoms with E-state index in [0.29, 0.717) is 5.02 Å². The number of esters is 1. The zero-order valence-electron chi connectivity index (χ0n) is 12.5. The smallest absolute Gasteiger partial charge is 0.332 e. The maximum atomic E-state index is 11.9. The van der Waals surface area contributed by atoms with Gasteiger partial charge in [-0.25, -0.2) is 4.79 Å². The van der Waals surface area contributed by atoms with Crippen molar-refractivity contribution in [2.75, 3.05) is 13.1 Å². The van der Waals surface area contributed by atoms with Gasteiger partial charge in [0.2, 0.25) is 0 Å². The lowest BCUT2D eigenvalue weighted by atomic mass is 10.2. The van der Waals surface area contributed by atoms with Gasteiger partial charge >= 0.3 is 5.97 Å². The average Bonchev–Trinajstić information content (AvgIpc) is 2.38. The molecule has 4 heteroatoms. The van der Waals surface area contributed by atoms with Gasteiger partial charge in [-0.05, 0) is 44.6 Å². The summed E-state index contributed by atoms with van der Waals surface area (Å²) in [4.78, 5) is 14.0. The molecule has 0 saturated heterocycles. The standard InChI is InChI=1S/C16H22ClNO2/c1-5-18(6-2)16(3,4)20-15(19)12-11-13-9-7-8-10-14(13)17/h7-12H,5-6H2,1-4H3/b12-11+. The number of ether oxygens (including phenoxy) is 1. The highest BCUT2D eigenvalue weighted by molar-refractivity contribution is 6.32. The Morgan fingerprint density at radius 3 is 2.45 bits per heavy atom. The quantitative estimate of drug-likeness (QED) is 0.452. The van der Waals surface area contributed by atoms with E-state index in [2.05, 4.69) is 4.90 Å². The predicted molar refractivity (Wildman–Crippen MR) is 83.6 cm³/mol. The van der Waals surface area contributed by atoms with E-state index in [1.807, 2.05) is 45.9 Å². The summed E-state index contributed by atoms with van der Waals surface area (Å²) in [5, 5.41) is 0.611. The molecule has 0 aliphatic rings. The number of benzene rings is 1. The fourth-order valence-corrected chi connectivity index (χ4v) is 2.30. The Hall–Kier alpha value is -1.32. The van der Waals surface area contributed by atoms with E-state index in [0.717, 1.165) is 18.7 Å². The lowest BCUT2D eigenvalue weighted by molar-refractivity contribution is -0.170. The summed E-state index contributed by atoms with van der Waals surface area (Å²) in [6.07, 6.45) is 3.08. The zero-order valence-corrected chi connectivity index (χ0v) is 13.3. The van der Waals surface area contributed by atoms with E-state index in [1.165, 1.54) is 6.08 Å². The van der Waals surface area contributed by atoms with Crippen LogP contribution in [0.4, 0.5) is 0 Å². The van der Waals surface area contributed by atoms with Crippen molar-refractivity contribution in [3.63, 3.8) is 0 Å². The Balaban J connectivity index is 2.71. The van der Waals surface area contributed by atoms with Gasteiger partial charge in [-0.15, -0.1) is 0 Å². The fraction of sp³-hybridized carbons (Fsp3) is 0.438. The molecule has 0 saturated carbocycles. The number of nitrogens with zero attached hydrogens (tertiary/aromatic N) is 1. The molecule has 0 N–H and O–H groups in total. The third kappa shape index (κ3) is 4.66. The minimum Gasteiger partial charge on any atom is -0.441 e. The van der Waals surface area contributed by atoms with Crippen LogP contribution < -0.4 is 0 Å². The monoisotopic (exact) mass is 295 g/mol. The summed E-state index contributed by atoms with van der Waals surface area (Å²) in [6.45, 7) is 9.51. The SMILES string of the molecule is CCN(CC)C(C)(C)OC(=O)/C=C/c1ccccc1Cl. The van der Waals surface area contributed by atoms with Crippen molar-refractivity contribution < 1.29 is 9.53 Å². The molecule has 1 rings (SSSR count). The van der Waals surface area contributed by atoms with Crippen molar-refractivity contribution in [3.05, 3.63) is 40.9 Å². The van der Waals surface area contributed by atoms with Crippen LogP contribution in [0.5, 0.6) is 0 Å². The van der Waals surface area contributed by atoms with E-state index in [4.69, 9.17) is 16.3 Å². The number of carbonyl (C=O) groups is 1. The number of rotatable bonds is 6. The van der Waals surface area contributed by atoms with Gasteiger partial charge in [0.1, 0.15) is 0 Å². The third-order valence-electron chi connectivity index (χ3n) is 3.18. The fourth-order valence-electron chi connectivity index (χ4n) is 2.10. The lowest BCUT2D eigenvalue weighted by Crippen LogP contribution is -2.46. The van der Waals surface area contributed by atoms with Crippen LogP contribution >= 0.6 is 11.6 Å². The van der Waals surface area contributed by atoms with Crippen LogP contribution in [0.3, 0.4) is 0 Å². The molecule has 0 unspecified atom stereocenters. The summed E-state index contributed by atoms with van der Waals surface area (Å²) in [5.41, 5.74) is 0.178. The van der Waals surface area contributed by atoms with Crippen molar-refractivity contribution in [3.8, 4) is 0 Å². The van der Waals surface area contributed by atoms with E-state index in [9.17, 15) is 4.79 Å². The van der Waals surface area contributed by atoms with Crippen LogP contribution in [0.2, 0.25) is 5.02 Å². The molecule has 1 aromatic rings. The molecule has 1 aromatic carbocycles. The van der Waals surface area contributed by atoms with E-state index >= 15 is 0 Å². The maximum absolute atomic E-state index is 11.9. The Bertz CT molecular complexity index is 479. The molecule has 110 valence electrons. The van der Waals surface area contributed by atoms with Crippen LogP contribution in [0.25, 0.3) is 6.08 Å². The second kappa shape index (κ2) is 7.46. The van der Waals surface area contributed by atoms with Gasteiger partial charge < -0.3 is 4.74 Å². The van der Waals surface area contributed by atoms with Gasteiger partial charge in [0.15, 0.2) is 5.72 Å². The van der Waals surface area contributed by atoms with Gasteiger partial charge in [0.05, 0.1) is 0 Å². The van der Waals surface area contributed by atoms with E-state index in [1.54, 1.807) is 12.1 Å². The first-order chi connectivity index (χ1) is 9.40. The van der Waals surface area contributed by atoms with Gasteiger partial charge in [-0.1, -0.05) is 43.6 Å². The average molecular weight is 296 g/mol. The highest BCUT2D eigenvalue weighted by Crippen LogP contribution is 2.18. The molecule has 20 heavy (non-hydrogen) atoms. The molecule has 0 aromatic heterocycles.